The van der Waals surface area contributed by atoms with Crippen molar-refractivity contribution in [2.75, 3.05) is 19.6 Å². The van der Waals surface area contributed by atoms with Gasteiger partial charge in [-0.1, -0.05) is 30.3 Å². The molecule has 2 heterocycles. The number of Topliss-reactive ketones (excluding diaryl/α,β-unsaturated/α-hetero) is 1. The zero-order valence-corrected chi connectivity index (χ0v) is 15.8. The molecule has 1 saturated heterocycles. The van der Waals surface area contributed by atoms with E-state index in [1.54, 1.807) is 11.8 Å². The highest BCUT2D eigenvalue weighted by Crippen LogP contribution is 2.14. The molecule has 8 nitrogen and oxygen atoms in total. The predicted octanol–water partition coefficient (Wildman–Crippen LogP) is 2.10. The van der Waals surface area contributed by atoms with Gasteiger partial charge < -0.3 is 15.0 Å². The van der Waals surface area contributed by atoms with E-state index in [1.807, 2.05) is 30.3 Å². The molecule has 0 radical (unpaired) electrons. The van der Waals surface area contributed by atoms with Crippen molar-refractivity contribution in [1.29, 1.82) is 0 Å². The number of benzene rings is 1. The van der Waals surface area contributed by atoms with E-state index in [-0.39, 0.29) is 36.8 Å². The fourth-order valence-electron chi connectivity index (χ4n) is 3.29. The number of piperidine rings is 1. The van der Waals surface area contributed by atoms with Crippen molar-refractivity contribution >= 4 is 18.2 Å². The minimum Gasteiger partial charge on any atom is -0.445 e. The van der Waals surface area contributed by atoms with Crippen molar-refractivity contribution in [2.45, 2.75) is 32.4 Å². The number of hydrogen-bond donors (Lipinski definition) is 2. The number of nitrogens with one attached hydrogen (secondary N) is 2. The Morgan fingerprint density at radius 2 is 2.00 bits per heavy atom. The van der Waals surface area contributed by atoms with Crippen LogP contribution < -0.4 is 5.32 Å². The van der Waals surface area contributed by atoms with Gasteiger partial charge >= 0.3 is 6.09 Å². The maximum atomic E-state index is 12.4. The zero-order valence-electron chi connectivity index (χ0n) is 15.8. The number of aromatic amines is 1. The molecule has 8 heteroatoms. The van der Waals surface area contributed by atoms with Crippen molar-refractivity contribution in [3.63, 3.8) is 0 Å². The number of nitrogens with zero attached hydrogens (tertiary/aromatic N) is 2. The molecule has 1 fully saturated rings. The number of aromatic nitrogens is 2. The van der Waals surface area contributed by atoms with Gasteiger partial charge in [0.05, 0.1) is 12.1 Å². The highest BCUT2D eigenvalue weighted by Gasteiger charge is 2.25. The summed E-state index contributed by atoms with van der Waals surface area (Å²) in [5, 5.41) is 9.70. The summed E-state index contributed by atoms with van der Waals surface area (Å²) in [5.74, 6) is -0.168. The van der Waals surface area contributed by atoms with Crippen molar-refractivity contribution in [3.05, 3.63) is 52.8 Å². The van der Waals surface area contributed by atoms with Crippen LogP contribution in [0.1, 0.15) is 44.9 Å². The number of carbonyl (C=O) groups excluding carboxylic acids is 3. The molecule has 28 heavy (non-hydrogen) atoms. The first-order valence-corrected chi connectivity index (χ1v) is 9.31. The van der Waals surface area contributed by atoms with Gasteiger partial charge in [0.2, 0.25) is 0 Å². The summed E-state index contributed by atoms with van der Waals surface area (Å²) < 4.78 is 5.36. The van der Waals surface area contributed by atoms with Crippen LogP contribution in [0.15, 0.2) is 30.3 Å². The van der Waals surface area contributed by atoms with Crippen LogP contribution in [0.3, 0.4) is 0 Å². The lowest BCUT2D eigenvalue weighted by Gasteiger charge is -2.31. The van der Waals surface area contributed by atoms with Crippen LogP contribution in [0.25, 0.3) is 0 Å². The summed E-state index contributed by atoms with van der Waals surface area (Å²) in [6, 6.07) is 9.70. The first kappa shape index (κ1) is 19.8. The fraction of sp³-hybridized carbons (Fsp3) is 0.400. The van der Waals surface area contributed by atoms with E-state index in [0.717, 1.165) is 18.4 Å². The molecule has 0 unspecified atom stereocenters. The molecular formula is C20H24N4O4. The molecule has 0 aliphatic carbocycles. The van der Waals surface area contributed by atoms with Gasteiger partial charge in [-0.05, 0) is 25.3 Å². The summed E-state index contributed by atoms with van der Waals surface area (Å²) in [5.41, 5.74) is 2.02. The molecule has 1 aromatic carbocycles. The average molecular weight is 384 g/mol. The highest BCUT2D eigenvalue weighted by atomic mass is 16.6. The van der Waals surface area contributed by atoms with Crippen LogP contribution in [-0.2, 0) is 11.3 Å². The molecule has 0 spiro atoms. The fourth-order valence-corrected chi connectivity index (χ4v) is 3.29. The molecule has 1 aliphatic rings. The Hall–Kier alpha value is -3.00. The normalized spacial score (nSPS) is 14.7. The summed E-state index contributed by atoms with van der Waals surface area (Å²) in [6.45, 7) is 3.25. The molecular weight excluding hydrogens is 360 g/mol. The number of amides is 1. The largest absolute Gasteiger partial charge is 0.445 e. The van der Waals surface area contributed by atoms with Gasteiger partial charge in [-0.2, -0.15) is 5.10 Å². The van der Waals surface area contributed by atoms with Crippen molar-refractivity contribution in [1.82, 2.24) is 20.4 Å². The second-order valence-corrected chi connectivity index (χ2v) is 6.83. The van der Waals surface area contributed by atoms with Crippen LogP contribution >= 0.6 is 0 Å². The Morgan fingerprint density at radius 3 is 2.68 bits per heavy atom. The van der Waals surface area contributed by atoms with Gasteiger partial charge in [-0.3, -0.25) is 14.7 Å². The lowest BCUT2D eigenvalue weighted by molar-refractivity contribution is 0.0838. The number of H-pyrrole nitrogens is 1. The topological polar surface area (TPSA) is 104 Å². The number of ether oxygens (including phenoxy) is 1. The summed E-state index contributed by atoms with van der Waals surface area (Å²) >= 11 is 0. The Labute approximate surface area is 163 Å². The third kappa shape index (κ3) is 4.83. The molecule has 3 rings (SSSR count). The summed E-state index contributed by atoms with van der Waals surface area (Å²) in [6.07, 6.45) is 1.73. The molecule has 1 aromatic heterocycles. The molecule has 1 amide bonds. The predicted molar refractivity (Wildman–Crippen MR) is 102 cm³/mol. The number of hydrogen-bond acceptors (Lipinski definition) is 6. The number of carbonyl (C=O) groups is 3. The molecule has 148 valence electrons. The second-order valence-electron chi connectivity index (χ2n) is 6.83. The lowest BCUT2D eigenvalue weighted by atomic mass is 10.0. The summed E-state index contributed by atoms with van der Waals surface area (Å²) in [4.78, 5) is 37.2. The van der Waals surface area contributed by atoms with Crippen LogP contribution in [0, 0.1) is 6.92 Å². The Kier molecular flexibility index (Phi) is 6.54. The first-order valence-electron chi connectivity index (χ1n) is 9.31. The van der Waals surface area contributed by atoms with E-state index < -0.39 is 0 Å². The van der Waals surface area contributed by atoms with E-state index >= 15 is 0 Å². The second kappa shape index (κ2) is 9.27. The van der Waals surface area contributed by atoms with E-state index in [1.165, 1.54) is 0 Å². The highest BCUT2D eigenvalue weighted by molar-refractivity contribution is 6.04. The van der Waals surface area contributed by atoms with Gasteiger partial charge in [-0.25, -0.2) is 4.79 Å². The zero-order chi connectivity index (χ0) is 19.9. The molecule has 0 atom stereocenters. The quantitative estimate of drug-likeness (QED) is 0.560. The number of rotatable bonds is 7. The Balaban J connectivity index is 1.41. The Bertz CT molecular complexity index is 826. The SMILES string of the molecule is Cc1[nH]nc(C=O)c1C(=O)CNC1CCN(C(=O)OCc2ccccc2)CC1. The van der Waals surface area contributed by atoms with Gasteiger partial charge in [-0.15, -0.1) is 0 Å². The molecule has 0 bridgehead atoms. The van der Waals surface area contributed by atoms with Crippen LogP contribution in [0.2, 0.25) is 0 Å². The van der Waals surface area contributed by atoms with Gasteiger partial charge in [0.1, 0.15) is 12.3 Å². The monoisotopic (exact) mass is 384 g/mol. The maximum absolute atomic E-state index is 12.4. The van der Waals surface area contributed by atoms with Crippen molar-refractivity contribution in [3.8, 4) is 0 Å². The van der Waals surface area contributed by atoms with E-state index in [9.17, 15) is 14.4 Å². The molecule has 2 aromatic rings. The summed E-state index contributed by atoms with van der Waals surface area (Å²) in [7, 11) is 0. The number of ketones is 1. The van der Waals surface area contributed by atoms with Crippen molar-refractivity contribution in [2.24, 2.45) is 0 Å². The molecule has 0 saturated carbocycles. The third-order valence-electron chi connectivity index (χ3n) is 4.88. The lowest BCUT2D eigenvalue weighted by Crippen LogP contribution is -2.46. The number of aryl methyl sites for hydroxylation is 1. The number of likely N-dealkylation sites (tertiary alicyclic amines) is 1. The van der Waals surface area contributed by atoms with Gasteiger partial charge in [0, 0.05) is 24.8 Å². The average Bonchev–Trinajstić information content (AvgIpc) is 3.12. The van der Waals surface area contributed by atoms with Gasteiger partial charge in [0.15, 0.2) is 12.1 Å². The van der Waals surface area contributed by atoms with E-state index in [4.69, 9.17) is 4.74 Å². The van der Waals surface area contributed by atoms with E-state index in [0.29, 0.717) is 30.6 Å². The number of aldehydes is 1. The van der Waals surface area contributed by atoms with Crippen molar-refractivity contribution < 1.29 is 19.1 Å². The van der Waals surface area contributed by atoms with Gasteiger partial charge in [0.25, 0.3) is 0 Å². The molecule has 1 aliphatic heterocycles. The third-order valence-corrected chi connectivity index (χ3v) is 4.88. The van der Waals surface area contributed by atoms with Crippen LogP contribution in [-0.4, -0.2) is 58.9 Å². The van der Waals surface area contributed by atoms with Crippen LogP contribution in [0.4, 0.5) is 4.79 Å². The standard InChI is InChI=1S/C20H24N4O4/c1-14-19(17(12-25)23-22-14)18(26)11-21-16-7-9-24(10-8-16)20(27)28-13-15-5-3-2-4-6-15/h2-6,12,16,21H,7-11,13H2,1H3,(H,22,23). The Morgan fingerprint density at radius 1 is 1.29 bits per heavy atom. The minimum absolute atomic E-state index is 0.129. The van der Waals surface area contributed by atoms with E-state index in [2.05, 4.69) is 15.5 Å². The smallest absolute Gasteiger partial charge is 0.410 e. The van der Waals surface area contributed by atoms with Crippen LogP contribution in [0.5, 0.6) is 0 Å². The maximum Gasteiger partial charge on any atom is 0.410 e. The minimum atomic E-state index is -0.317. The molecule has 2 N–H and O–H groups in total. The first-order chi connectivity index (χ1) is 13.6.